The van der Waals surface area contributed by atoms with Gasteiger partial charge in [-0.15, -0.1) is 0 Å². The highest BCUT2D eigenvalue weighted by Gasteiger charge is 2.19. The second-order valence-electron chi connectivity index (χ2n) is 8.88. The van der Waals surface area contributed by atoms with Gasteiger partial charge in [-0.2, -0.15) is 0 Å². The summed E-state index contributed by atoms with van der Waals surface area (Å²) in [7, 11) is -2.12. The summed E-state index contributed by atoms with van der Waals surface area (Å²) < 4.78 is 34.2. The van der Waals surface area contributed by atoms with Gasteiger partial charge in [0, 0.05) is 17.7 Å². The third-order valence-corrected chi connectivity index (χ3v) is 7.79. The maximum Gasteiger partial charge on any atom is 0.264 e. The lowest BCUT2D eigenvalue weighted by Gasteiger charge is -2.12. The number of nitrogens with one attached hydrogen (secondary N) is 1. The Labute approximate surface area is 222 Å². The van der Waals surface area contributed by atoms with Gasteiger partial charge in [-0.1, -0.05) is 73.8 Å². The van der Waals surface area contributed by atoms with Gasteiger partial charge in [-0.05, 0) is 47.4 Å². The molecular formula is C28H30ClN3O4S. The fourth-order valence-electron chi connectivity index (χ4n) is 4.18. The Hall–Kier alpha value is -3.20. The Balaban J connectivity index is 1.64. The second-order valence-corrected chi connectivity index (χ2v) is 11.1. The lowest BCUT2D eigenvalue weighted by Crippen LogP contribution is -2.32. The van der Waals surface area contributed by atoms with Crippen LogP contribution in [0.2, 0.25) is 5.02 Å². The molecule has 0 unspecified atom stereocenters. The summed E-state index contributed by atoms with van der Waals surface area (Å²) in [5.74, 6) is -0.0717. The van der Waals surface area contributed by atoms with E-state index in [9.17, 15) is 13.2 Å². The Morgan fingerprint density at radius 1 is 1.03 bits per heavy atom. The summed E-state index contributed by atoms with van der Waals surface area (Å²) in [6.07, 6.45) is 2.19. The van der Waals surface area contributed by atoms with Crippen LogP contribution in [0.1, 0.15) is 47.9 Å². The number of rotatable bonds is 11. The first-order valence-electron chi connectivity index (χ1n) is 12.2. The van der Waals surface area contributed by atoms with E-state index in [1.807, 2.05) is 60.0 Å². The number of fused-ring (bicyclic) bond motifs is 1. The average Bonchev–Trinajstić information content (AvgIpc) is 3.22. The van der Waals surface area contributed by atoms with Crippen LogP contribution in [0, 0.1) is 0 Å². The minimum atomic E-state index is -3.71. The van der Waals surface area contributed by atoms with E-state index in [-0.39, 0.29) is 17.9 Å². The first-order chi connectivity index (χ1) is 17.8. The summed E-state index contributed by atoms with van der Waals surface area (Å²) in [4.78, 5) is 17.5. The molecule has 0 fully saturated rings. The van der Waals surface area contributed by atoms with E-state index in [4.69, 9.17) is 16.3 Å². The van der Waals surface area contributed by atoms with Crippen LogP contribution in [0.5, 0.6) is 0 Å². The normalized spacial score (nSPS) is 11.6. The molecule has 7 nitrogen and oxygen atoms in total. The van der Waals surface area contributed by atoms with Gasteiger partial charge in [-0.25, -0.2) is 18.1 Å². The van der Waals surface area contributed by atoms with Crippen LogP contribution in [0.3, 0.4) is 0 Å². The number of benzene rings is 3. The highest BCUT2D eigenvalue weighted by molar-refractivity contribution is 7.90. The molecular weight excluding hydrogens is 510 g/mol. The molecule has 0 bridgehead atoms. The fourth-order valence-corrected chi connectivity index (χ4v) is 5.51. The molecule has 37 heavy (non-hydrogen) atoms. The van der Waals surface area contributed by atoms with Gasteiger partial charge in [0.2, 0.25) is 10.0 Å². The number of nitrogens with zero attached hydrogens (tertiary/aromatic N) is 2. The number of carbonyl (C=O) groups is 1. The molecule has 194 valence electrons. The Bertz CT molecular complexity index is 1500. The van der Waals surface area contributed by atoms with Crippen LogP contribution in [0.25, 0.3) is 22.2 Å². The number of ether oxygens (including phenoxy) is 1. The van der Waals surface area contributed by atoms with Gasteiger partial charge in [0.25, 0.3) is 5.91 Å². The maximum absolute atomic E-state index is 12.8. The third-order valence-electron chi connectivity index (χ3n) is 6.12. The van der Waals surface area contributed by atoms with Gasteiger partial charge in [0.15, 0.2) is 0 Å². The number of imidazole rings is 1. The van der Waals surface area contributed by atoms with Crippen molar-refractivity contribution >= 4 is 38.6 Å². The molecule has 4 aromatic rings. The predicted octanol–water partition coefficient (Wildman–Crippen LogP) is 5.80. The quantitative estimate of drug-likeness (QED) is 0.243. The van der Waals surface area contributed by atoms with Gasteiger partial charge < -0.3 is 9.30 Å². The van der Waals surface area contributed by atoms with Crippen molar-refractivity contribution in [2.45, 2.75) is 39.3 Å². The molecule has 9 heteroatoms. The zero-order valence-electron chi connectivity index (χ0n) is 20.9. The zero-order chi connectivity index (χ0) is 26.4. The van der Waals surface area contributed by atoms with Crippen LogP contribution in [0.4, 0.5) is 0 Å². The van der Waals surface area contributed by atoms with Crippen molar-refractivity contribution in [2.75, 3.05) is 12.9 Å². The second kappa shape index (κ2) is 11.9. The Morgan fingerprint density at radius 3 is 2.51 bits per heavy atom. The average molecular weight is 540 g/mol. The number of hydrogen-bond acceptors (Lipinski definition) is 5. The summed E-state index contributed by atoms with van der Waals surface area (Å²) >= 11 is 6.69. The predicted molar refractivity (Wildman–Crippen MR) is 147 cm³/mol. The van der Waals surface area contributed by atoms with E-state index in [1.54, 1.807) is 25.3 Å². The number of carbonyl (C=O) groups excluding carboxylic acids is 1. The molecule has 0 saturated carbocycles. The first-order valence-corrected chi connectivity index (χ1v) is 14.2. The van der Waals surface area contributed by atoms with Crippen LogP contribution >= 0.6 is 11.6 Å². The van der Waals surface area contributed by atoms with Crippen molar-refractivity contribution < 1.29 is 17.9 Å². The fraction of sp³-hybridized carbons (Fsp3) is 0.286. The highest BCUT2D eigenvalue weighted by Crippen LogP contribution is 2.28. The molecule has 1 aromatic heterocycles. The molecule has 1 N–H and O–H groups in total. The summed E-state index contributed by atoms with van der Waals surface area (Å²) in [6, 6.07) is 20.9. The minimum Gasteiger partial charge on any atom is -0.377 e. The van der Waals surface area contributed by atoms with Gasteiger partial charge >= 0.3 is 0 Å². The summed E-state index contributed by atoms with van der Waals surface area (Å²) in [5, 5.41) is 0.610. The highest BCUT2D eigenvalue weighted by atomic mass is 35.5. The molecule has 0 aliphatic carbocycles. The van der Waals surface area contributed by atoms with Crippen molar-refractivity contribution in [1.82, 2.24) is 14.3 Å². The smallest absolute Gasteiger partial charge is 0.264 e. The Morgan fingerprint density at radius 2 is 1.81 bits per heavy atom. The number of halogens is 1. The number of methoxy groups -OCH3 is 1. The number of sulfonamides is 1. The SMILES string of the molecule is CCCCCS(=O)(=O)NC(=O)c1ccc2nc(COC)n(Cc3ccc(-c4ccccc4)cc3Cl)c2c1. The van der Waals surface area contributed by atoms with Crippen molar-refractivity contribution in [3.05, 3.63) is 88.7 Å². The van der Waals surface area contributed by atoms with Crippen LogP contribution in [-0.4, -0.2) is 36.7 Å². The zero-order valence-corrected chi connectivity index (χ0v) is 22.5. The molecule has 4 rings (SSSR count). The lowest BCUT2D eigenvalue weighted by atomic mass is 10.0. The molecule has 0 atom stereocenters. The molecule has 1 amide bonds. The number of unbranched alkanes of at least 4 members (excludes halogenated alkanes) is 2. The molecule has 0 aliphatic heterocycles. The summed E-state index contributed by atoms with van der Waals surface area (Å²) in [6.45, 7) is 2.66. The van der Waals surface area contributed by atoms with E-state index in [0.29, 0.717) is 34.8 Å². The summed E-state index contributed by atoms with van der Waals surface area (Å²) in [5.41, 5.74) is 4.57. The van der Waals surface area contributed by atoms with E-state index in [2.05, 4.69) is 9.71 Å². The van der Waals surface area contributed by atoms with E-state index < -0.39 is 15.9 Å². The van der Waals surface area contributed by atoms with Crippen LogP contribution in [0.15, 0.2) is 66.7 Å². The largest absolute Gasteiger partial charge is 0.377 e. The maximum atomic E-state index is 12.8. The van der Waals surface area contributed by atoms with E-state index in [0.717, 1.165) is 29.5 Å². The van der Waals surface area contributed by atoms with Crippen molar-refractivity contribution in [3.8, 4) is 11.1 Å². The van der Waals surface area contributed by atoms with E-state index >= 15 is 0 Å². The van der Waals surface area contributed by atoms with Gasteiger partial charge in [0.1, 0.15) is 12.4 Å². The van der Waals surface area contributed by atoms with Crippen LogP contribution in [-0.2, 0) is 27.9 Å². The van der Waals surface area contributed by atoms with Crippen LogP contribution < -0.4 is 4.72 Å². The molecule has 0 radical (unpaired) electrons. The first kappa shape index (κ1) is 26.9. The molecule has 0 aliphatic rings. The Kier molecular flexibility index (Phi) is 8.63. The van der Waals surface area contributed by atoms with Crippen molar-refractivity contribution in [1.29, 1.82) is 0 Å². The minimum absolute atomic E-state index is 0.0811. The monoisotopic (exact) mass is 539 g/mol. The number of aromatic nitrogens is 2. The standard InChI is InChI=1S/C28H30ClN3O4S/c1-3-4-8-15-37(34,35)31-28(33)22-13-14-25-26(17-22)32(27(30-25)19-36-2)18-23-12-11-21(16-24(23)29)20-9-6-5-7-10-20/h5-7,9-14,16-17H,3-4,8,15,18-19H2,1-2H3,(H,31,33). The molecule has 3 aromatic carbocycles. The topological polar surface area (TPSA) is 90.3 Å². The number of amides is 1. The van der Waals surface area contributed by atoms with Gasteiger partial charge in [-0.3, -0.25) is 4.79 Å². The molecule has 0 spiro atoms. The third kappa shape index (κ3) is 6.57. The van der Waals surface area contributed by atoms with E-state index in [1.165, 1.54) is 0 Å². The lowest BCUT2D eigenvalue weighted by molar-refractivity contribution is 0.0981. The van der Waals surface area contributed by atoms with Gasteiger partial charge in [0.05, 0.1) is 23.3 Å². The number of hydrogen-bond donors (Lipinski definition) is 1. The molecule has 1 heterocycles. The van der Waals surface area contributed by atoms with Crippen molar-refractivity contribution in [3.63, 3.8) is 0 Å². The molecule has 0 saturated heterocycles. The van der Waals surface area contributed by atoms with Crippen molar-refractivity contribution in [2.24, 2.45) is 0 Å².